The Bertz CT molecular complexity index is 519. The lowest BCUT2D eigenvalue weighted by Gasteiger charge is -2.17. The maximum Gasteiger partial charge on any atom is 0.191 e. The van der Waals surface area contributed by atoms with E-state index in [-0.39, 0.29) is 5.82 Å². The monoisotopic (exact) mass is 323 g/mol. The van der Waals surface area contributed by atoms with Gasteiger partial charge in [-0.25, -0.2) is 9.38 Å². The van der Waals surface area contributed by atoms with Gasteiger partial charge in [0, 0.05) is 17.8 Å². The molecule has 0 bridgehead atoms. The van der Waals surface area contributed by atoms with Crippen molar-refractivity contribution in [3.63, 3.8) is 0 Å². The second-order valence-electron chi connectivity index (χ2n) is 5.79. The van der Waals surface area contributed by atoms with Crippen LogP contribution in [0.4, 0.5) is 4.39 Å². The van der Waals surface area contributed by atoms with Gasteiger partial charge in [0.2, 0.25) is 0 Å². The highest BCUT2D eigenvalue weighted by Crippen LogP contribution is 2.28. The first kappa shape index (κ1) is 17.1. The Balaban J connectivity index is 1.96. The highest BCUT2D eigenvalue weighted by atomic mass is 32.2. The molecule has 3 nitrogen and oxygen atoms in total. The summed E-state index contributed by atoms with van der Waals surface area (Å²) in [6, 6.07) is 5.68. The fourth-order valence-corrected chi connectivity index (χ4v) is 3.57. The number of aryl methyl sites for hydroxylation is 1. The Morgan fingerprint density at radius 2 is 2.23 bits per heavy atom. The zero-order chi connectivity index (χ0) is 15.9. The van der Waals surface area contributed by atoms with E-state index in [0.717, 1.165) is 23.3 Å². The summed E-state index contributed by atoms with van der Waals surface area (Å²) in [7, 11) is 0. The van der Waals surface area contributed by atoms with Crippen molar-refractivity contribution in [1.29, 1.82) is 0 Å². The van der Waals surface area contributed by atoms with Gasteiger partial charge in [0.05, 0.1) is 6.54 Å². The van der Waals surface area contributed by atoms with Crippen LogP contribution in [-0.4, -0.2) is 30.1 Å². The van der Waals surface area contributed by atoms with Crippen LogP contribution in [-0.2, 0) is 6.54 Å². The molecule has 0 aromatic heterocycles. The number of guanidine groups is 1. The van der Waals surface area contributed by atoms with Gasteiger partial charge in [-0.2, -0.15) is 11.8 Å². The third-order valence-electron chi connectivity index (χ3n) is 4.05. The number of hydrogen-bond acceptors (Lipinski definition) is 2. The van der Waals surface area contributed by atoms with Gasteiger partial charge >= 0.3 is 0 Å². The molecule has 5 heteroatoms. The molecule has 1 aromatic rings. The third kappa shape index (κ3) is 4.90. The van der Waals surface area contributed by atoms with Crippen molar-refractivity contribution in [2.24, 2.45) is 4.99 Å². The molecule has 1 saturated carbocycles. The first-order valence-corrected chi connectivity index (χ1v) is 9.23. The molecule has 0 amide bonds. The van der Waals surface area contributed by atoms with Gasteiger partial charge in [-0.15, -0.1) is 0 Å². The molecule has 1 aliphatic carbocycles. The van der Waals surface area contributed by atoms with E-state index in [9.17, 15) is 4.39 Å². The van der Waals surface area contributed by atoms with Gasteiger partial charge in [-0.1, -0.05) is 12.1 Å². The maximum absolute atomic E-state index is 13.3. The van der Waals surface area contributed by atoms with Crippen molar-refractivity contribution in [3.05, 3.63) is 35.1 Å². The lowest BCUT2D eigenvalue weighted by atomic mass is 10.1. The van der Waals surface area contributed by atoms with Crippen molar-refractivity contribution < 1.29 is 4.39 Å². The summed E-state index contributed by atoms with van der Waals surface area (Å²) in [6.45, 7) is 5.26. The smallest absolute Gasteiger partial charge is 0.191 e. The highest BCUT2D eigenvalue weighted by Gasteiger charge is 2.24. The number of rotatable bonds is 5. The van der Waals surface area contributed by atoms with Crippen LogP contribution in [0.1, 0.15) is 37.3 Å². The summed E-state index contributed by atoms with van der Waals surface area (Å²) >= 11 is 1.95. The van der Waals surface area contributed by atoms with E-state index in [1.54, 1.807) is 13.0 Å². The molecule has 22 heavy (non-hydrogen) atoms. The SMILES string of the molecule is CCNC(=NCc1ccc(F)c(C)c1)NC1CCC(SC)C1. The highest BCUT2D eigenvalue weighted by molar-refractivity contribution is 7.99. The van der Waals surface area contributed by atoms with Crippen LogP contribution in [0.25, 0.3) is 0 Å². The van der Waals surface area contributed by atoms with E-state index in [0.29, 0.717) is 18.2 Å². The second-order valence-corrected chi connectivity index (χ2v) is 6.93. The van der Waals surface area contributed by atoms with Gasteiger partial charge in [0.1, 0.15) is 5.82 Å². The maximum atomic E-state index is 13.3. The minimum atomic E-state index is -0.160. The number of nitrogens with one attached hydrogen (secondary N) is 2. The van der Waals surface area contributed by atoms with Crippen LogP contribution in [0.15, 0.2) is 23.2 Å². The minimum absolute atomic E-state index is 0.160. The first-order chi connectivity index (χ1) is 10.6. The molecule has 2 N–H and O–H groups in total. The lowest BCUT2D eigenvalue weighted by molar-refractivity contribution is 0.614. The molecular weight excluding hydrogens is 297 g/mol. The number of hydrogen-bond donors (Lipinski definition) is 2. The van der Waals surface area contributed by atoms with E-state index >= 15 is 0 Å². The molecule has 1 aromatic carbocycles. The Morgan fingerprint density at radius 1 is 1.41 bits per heavy atom. The summed E-state index contributed by atoms with van der Waals surface area (Å²) in [5.41, 5.74) is 1.70. The van der Waals surface area contributed by atoms with E-state index in [1.807, 2.05) is 17.8 Å². The summed E-state index contributed by atoms with van der Waals surface area (Å²) in [5, 5.41) is 7.59. The molecule has 0 spiro atoms. The van der Waals surface area contributed by atoms with Gasteiger partial charge in [-0.05, 0) is 56.6 Å². The first-order valence-electron chi connectivity index (χ1n) is 7.95. The lowest BCUT2D eigenvalue weighted by Crippen LogP contribution is -2.42. The van der Waals surface area contributed by atoms with Crippen molar-refractivity contribution in [3.8, 4) is 0 Å². The van der Waals surface area contributed by atoms with Crippen molar-refractivity contribution in [1.82, 2.24) is 10.6 Å². The summed E-state index contributed by atoms with van der Waals surface area (Å²) in [5.74, 6) is 0.697. The molecule has 1 aliphatic rings. The topological polar surface area (TPSA) is 36.4 Å². The number of benzene rings is 1. The summed E-state index contributed by atoms with van der Waals surface area (Å²) < 4.78 is 13.3. The molecule has 0 aliphatic heterocycles. The van der Waals surface area contributed by atoms with Crippen LogP contribution < -0.4 is 10.6 Å². The summed E-state index contributed by atoms with van der Waals surface area (Å²) in [6.07, 6.45) is 5.85. The Morgan fingerprint density at radius 3 is 2.86 bits per heavy atom. The summed E-state index contributed by atoms with van der Waals surface area (Å²) in [4.78, 5) is 4.63. The minimum Gasteiger partial charge on any atom is -0.357 e. The average Bonchev–Trinajstić information content (AvgIpc) is 2.96. The van der Waals surface area contributed by atoms with Crippen molar-refractivity contribution in [2.75, 3.05) is 12.8 Å². The number of thioether (sulfide) groups is 1. The van der Waals surface area contributed by atoms with Crippen molar-refractivity contribution in [2.45, 2.75) is 50.9 Å². The van der Waals surface area contributed by atoms with Crippen LogP contribution in [0, 0.1) is 12.7 Å². The number of aliphatic imine (C=N–C) groups is 1. The standard InChI is InChI=1S/C17H26FN3S/c1-4-19-17(21-14-6-7-15(10-14)22-3)20-11-13-5-8-16(18)12(2)9-13/h5,8-9,14-15H,4,6-7,10-11H2,1-3H3,(H2,19,20,21). The van der Waals surface area contributed by atoms with Gasteiger partial charge in [-0.3, -0.25) is 0 Å². The van der Waals surface area contributed by atoms with Gasteiger partial charge in [0.25, 0.3) is 0 Å². The average molecular weight is 323 g/mol. The van der Waals surface area contributed by atoms with Crippen LogP contribution in [0.3, 0.4) is 0 Å². The van der Waals surface area contributed by atoms with Gasteiger partial charge in [0.15, 0.2) is 5.96 Å². The van der Waals surface area contributed by atoms with Crippen LogP contribution >= 0.6 is 11.8 Å². The Kier molecular flexibility index (Phi) is 6.55. The Hall–Kier alpha value is -1.23. The zero-order valence-corrected chi connectivity index (χ0v) is 14.5. The fraction of sp³-hybridized carbons (Fsp3) is 0.588. The van der Waals surface area contributed by atoms with E-state index < -0.39 is 0 Å². The fourth-order valence-electron chi connectivity index (χ4n) is 2.77. The predicted octanol–water partition coefficient (Wildman–Crippen LogP) is 3.47. The normalized spacial score (nSPS) is 21.9. The van der Waals surface area contributed by atoms with E-state index in [2.05, 4.69) is 28.8 Å². The Labute approximate surface area is 137 Å². The largest absolute Gasteiger partial charge is 0.357 e. The molecular formula is C17H26FN3S. The molecule has 0 heterocycles. The molecule has 2 rings (SSSR count). The second kappa shape index (κ2) is 8.42. The zero-order valence-electron chi connectivity index (χ0n) is 13.7. The third-order valence-corrected chi connectivity index (χ3v) is 5.14. The van der Waals surface area contributed by atoms with Crippen LogP contribution in [0.2, 0.25) is 0 Å². The molecule has 2 atom stereocenters. The number of nitrogens with zero attached hydrogens (tertiary/aromatic N) is 1. The molecule has 1 fully saturated rings. The molecule has 0 radical (unpaired) electrons. The van der Waals surface area contributed by atoms with Crippen molar-refractivity contribution >= 4 is 17.7 Å². The molecule has 0 saturated heterocycles. The van der Waals surface area contributed by atoms with E-state index in [1.165, 1.54) is 25.3 Å². The molecule has 122 valence electrons. The number of halogens is 1. The quantitative estimate of drug-likeness (QED) is 0.643. The van der Waals surface area contributed by atoms with Gasteiger partial charge < -0.3 is 10.6 Å². The van der Waals surface area contributed by atoms with Crippen LogP contribution in [0.5, 0.6) is 0 Å². The molecule has 2 unspecified atom stereocenters. The van der Waals surface area contributed by atoms with E-state index in [4.69, 9.17) is 0 Å². The predicted molar refractivity (Wildman–Crippen MR) is 94.0 cm³/mol.